The third-order valence-electron chi connectivity index (χ3n) is 7.85. The molecule has 2 unspecified atom stereocenters. The molecule has 5 rings (SSSR count). The van der Waals surface area contributed by atoms with Gasteiger partial charge in [0.25, 0.3) is 5.91 Å². The number of ether oxygens (including phenoxy) is 5. The maximum atomic E-state index is 13.6. The largest absolute Gasteiger partial charge is 0.497 e. The molecule has 228 valence electrons. The molecular weight excluding hydrogens is 560 g/mol. The van der Waals surface area contributed by atoms with Crippen LogP contribution in [0.1, 0.15) is 42.0 Å². The Bertz CT molecular complexity index is 1580. The van der Waals surface area contributed by atoms with Gasteiger partial charge in [0.15, 0.2) is 6.61 Å². The second-order valence-electron chi connectivity index (χ2n) is 10.4. The van der Waals surface area contributed by atoms with Crippen molar-refractivity contribution < 1.29 is 33.3 Å². The van der Waals surface area contributed by atoms with Crippen molar-refractivity contribution in [2.75, 3.05) is 35.0 Å². The maximum Gasteiger partial charge on any atom is 0.331 e. The number of esters is 1. The zero-order valence-electron chi connectivity index (χ0n) is 25.3. The molecule has 3 aromatic rings. The Kier molecular flexibility index (Phi) is 9.64. The molecule has 3 aromatic carbocycles. The molecule has 1 heterocycles. The van der Waals surface area contributed by atoms with Crippen LogP contribution in [0.5, 0.6) is 23.0 Å². The van der Waals surface area contributed by atoms with E-state index in [1.807, 2.05) is 48.5 Å². The fraction of sp³-hybridized carbons (Fsp3) is 0.286. The van der Waals surface area contributed by atoms with Crippen molar-refractivity contribution in [2.24, 2.45) is 11.0 Å². The lowest BCUT2D eigenvalue weighted by molar-refractivity contribution is -0.149. The van der Waals surface area contributed by atoms with Gasteiger partial charge in [-0.2, -0.15) is 5.10 Å². The average molecular weight is 597 g/mol. The molecule has 0 spiro atoms. The van der Waals surface area contributed by atoms with E-state index < -0.39 is 18.5 Å². The Balaban J connectivity index is 1.36. The monoisotopic (exact) mass is 596 g/mol. The lowest BCUT2D eigenvalue weighted by Crippen LogP contribution is -2.34. The van der Waals surface area contributed by atoms with Gasteiger partial charge in [0.1, 0.15) is 23.0 Å². The first-order valence-corrected chi connectivity index (χ1v) is 14.4. The second-order valence-corrected chi connectivity index (χ2v) is 10.4. The lowest BCUT2D eigenvalue weighted by atomic mass is 9.77. The highest BCUT2D eigenvalue weighted by atomic mass is 16.5. The van der Waals surface area contributed by atoms with Crippen molar-refractivity contribution in [3.8, 4) is 23.0 Å². The van der Waals surface area contributed by atoms with E-state index in [-0.39, 0.29) is 12.0 Å². The molecule has 9 nitrogen and oxygen atoms in total. The van der Waals surface area contributed by atoms with Crippen LogP contribution < -0.4 is 18.9 Å². The molecule has 0 radical (unpaired) electrons. The summed E-state index contributed by atoms with van der Waals surface area (Å²) in [5.74, 6) is 1.64. The maximum absolute atomic E-state index is 13.6. The highest BCUT2D eigenvalue weighted by Crippen LogP contribution is 2.44. The van der Waals surface area contributed by atoms with Crippen molar-refractivity contribution in [3.63, 3.8) is 0 Å². The molecule has 1 aliphatic carbocycles. The normalized spacial score (nSPS) is 18.5. The Hall–Kier alpha value is -5.05. The Labute approximate surface area is 257 Å². The summed E-state index contributed by atoms with van der Waals surface area (Å²) in [6.45, 7) is -0.448. The van der Waals surface area contributed by atoms with Gasteiger partial charge >= 0.3 is 5.97 Å². The van der Waals surface area contributed by atoms with Crippen LogP contribution in [0.15, 0.2) is 83.5 Å². The summed E-state index contributed by atoms with van der Waals surface area (Å²) in [5, 5.41) is 6.36. The van der Waals surface area contributed by atoms with Crippen LogP contribution in [0.2, 0.25) is 0 Å². The van der Waals surface area contributed by atoms with E-state index >= 15 is 0 Å². The molecule has 0 aromatic heterocycles. The number of carbonyl (C=O) groups excluding carboxylic acids is 2. The standard InChI is InChI=1S/C35H36N2O7/c1-40-27-14-8-23(9-15-27)20-26-6-5-7-30-34(26)36-37(35(30)25-11-16-28(41-2)17-12-25)32(38)22-44-33(39)19-13-24-10-18-29(42-3)21-31(24)43-4/h8-21,30,35H,5-7,22H2,1-4H3. The first kappa shape index (κ1) is 30.4. The van der Waals surface area contributed by atoms with Crippen molar-refractivity contribution in [2.45, 2.75) is 25.3 Å². The molecule has 1 amide bonds. The molecule has 0 bridgehead atoms. The molecule has 0 N–H and O–H groups in total. The van der Waals surface area contributed by atoms with Crippen molar-refractivity contribution in [3.05, 3.63) is 95.1 Å². The van der Waals surface area contributed by atoms with Gasteiger partial charge < -0.3 is 23.7 Å². The number of nitrogens with zero attached hydrogens (tertiary/aromatic N) is 2. The predicted molar refractivity (Wildman–Crippen MR) is 168 cm³/mol. The van der Waals surface area contributed by atoms with Gasteiger partial charge in [-0.3, -0.25) is 4.79 Å². The van der Waals surface area contributed by atoms with Crippen LogP contribution in [0, 0.1) is 5.92 Å². The summed E-state index contributed by atoms with van der Waals surface area (Å²) in [6, 6.07) is 20.5. The Morgan fingerprint density at radius 1 is 0.864 bits per heavy atom. The number of hydrogen-bond donors (Lipinski definition) is 0. The van der Waals surface area contributed by atoms with Gasteiger partial charge in [-0.1, -0.05) is 24.3 Å². The highest BCUT2D eigenvalue weighted by molar-refractivity contribution is 6.08. The topological polar surface area (TPSA) is 95.9 Å². The number of carbonyl (C=O) groups is 2. The molecule has 1 fully saturated rings. The third kappa shape index (κ3) is 6.78. The summed E-state index contributed by atoms with van der Waals surface area (Å²) in [4.78, 5) is 26.2. The van der Waals surface area contributed by atoms with Crippen LogP contribution in [0.3, 0.4) is 0 Å². The number of hydrogen-bond acceptors (Lipinski definition) is 8. The first-order valence-electron chi connectivity index (χ1n) is 14.4. The van der Waals surface area contributed by atoms with Crippen LogP contribution in [0.4, 0.5) is 0 Å². The second kappa shape index (κ2) is 13.9. The molecule has 9 heteroatoms. The fourth-order valence-corrected chi connectivity index (χ4v) is 5.60. The summed E-state index contributed by atoms with van der Waals surface area (Å²) in [6.07, 6.45) is 7.67. The van der Waals surface area contributed by atoms with E-state index in [1.165, 1.54) is 18.2 Å². The SMILES string of the molecule is COc1ccc(C=C2CCCC3C2=NN(C(=O)COC(=O)C=Cc2ccc(OC)cc2OC)C3c2ccc(OC)cc2)cc1. The number of fused-ring (bicyclic) bond motifs is 1. The van der Waals surface area contributed by atoms with E-state index in [0.717, 1.165) is 53.2 Å². The van der Waals surface area contributed by atoms with Gasteiger partial charge in [-0.05, 0) is 84.5 Å². The Morgan fingerprint density at radius 2 is 1.52 bits per heavy atom. The van der Waals surface area contributed by atoms with Gasteiger partial charge in [-0.25, -0.2) is 9.80 Å². The molecule has 1 saturated carbocycles. The number of benzene rings is 3. The fourth-order valence-electron chi connectivity index (χ4n) is 5.60. The van der Waals surface area contributed by atoms with E-state index in [1.54, 1.807) is 45.6 Å². The zero-order chi connectivity index (χ0) is 31.1. The van der Waals surface area contributed by atoms with E-state index in [9.17, 15) is 9.59 Å². The van der Waals surface area contributed by atoms with E-state index in [0.29, 0.717) is 17.1 Å². The minimum Gasteiger partial charge on any atom is -0.497 e. The van der Waals surface area contributed by atoms with Crippen LogP contribution in [0.25, 0.3) is 12.2 Å². The smallest absolute Gasteiger partial charge is 0.331 e. The lowest BCUT2D eigenvalue weighted by Gasteiger charge is -2.29. The van der Waals surface area contributed by atoms with Gasteiger partial charge in [0.05, 0.1) is 40.2 Å². The van der Waals surface area contributed by atoms with E-state index in [4.69, 9.17) is 28.8 Å². The quantitative estimate of drug-likeness (QED) is 0.206. The first-order chi connectivity index (χ1) is 21.4. The number of methoxy groups -OCH3 is 4. The van der Waals surface area contributed by atoms with Crippen LogP contribution >= 0.6 is 0 Å². The molecular formula is C35H36N2O7. The average Bonchev–Trinajstić information content (AvgIpc) is 3.47. The number of amides is 1. The van der Waals surface area contributed by atoms with Crippen LogP contribution in [-0.4, -0.2) is 57.6 Å². The molecule has 1 aliphatic heterocycles. The van der Waals surface area contributed by atoms with Gasteiger partial charge in [0.2, 0.25) is 0 Å². The van der Waals surface area contributed by atoms with Crippen LogP contribution in [-0.2, 0) is 14.3 Å². The summed E-state index contributed by atoms with van der Waals surface area (Å²) < 4.78 is 26.6. The summed E-state index contributed by atoms with van der Waals surface area (Å²) in [5.41, 5.74) is 4.62. The van der Waals surface area contributed by atoms with Gasteiger partial charge in [-0.15, -0.1) is 0 Å². The molecule has 0 saturated heterocycles. The number of rotatable bonds is 10. The van der Waals surface area contributed by atoms with Crippen molar-refractivity contribution in [1.29, 1.82) is 0 Å². The minimum atomic E-state index is -0.651. The van der Waals surface area contributed by atoms with E-state index in [2.05, 4.69) is 6.08 Å². The number of hydrazone groups is 1. The highest BCUT2D eigenvalue weighted by Gasteiger charge is 2.43. The third-order valence-corrected chi connectivity index (χ3v) is 7.85. The minimum absolute atomic E-state index is 0.00345. The van der Waals surface area contributed by atoms with Gasteiger partial charge in [0, 0.05) is 23.6 Å². The van der Waals surface area contributed by atoms with Crippen molar-refractivity contribution in [1.82, 2.24) is 5.01 Å². The molecule has 2 aliphatic rings. The predicted octanol–water partition coefficient (Wildman–Crippen LogP) is 6.10. The number of allylic oxidation sites excluding steroid dienone is 1. The molecule has 44 heavy (non-hydrogen) atoms. The summed E-state index contributed by atoms with van der Waals surface area (Å²) in [7, 11) is 6.36. The zero-order valence-corrected chi connectivity index (χ0v) is 25.3. The summed E-state index contributed by atoms with van der Waals surface area (Å²) >= 11 is 0. The Morgan fingerprint density at radius 3 is 2.18 bits per heavy atom. The molecule has 2 atom stereocenters. The van der Waals surface area contributed by atoms with Crippen molar-refractivity contribution >= 4 is 29.7 Å².